The second kappa shape index (κ2) is 10.4. The van der Waals surface area contributed by atoms with Gasteiger partial charge in [0.25, 0.3) is 5.91 Å². The summed E-state index contributed by atoms with van der Waals surface area (Å²) < 4.78 is 12.1. The number of thiocarbonyl (C=S) groups is 1. The van der Waals surface area contributed by atoms with Gasteiger partial charge in [0, 0.05) is 5.56 Å². The molecular weight excluding hydrogens is 454 g/mol. The van der Waals surface area contributed by atoms with Crippen LogP contribution in [0.2, 0.25) is 0 Å². The molecule has 4 aromatic rings. The van der Waals surface area contributed by atoms with Crippen LogP contribution in [0.5, 0.6) is 11.5 Å². The summed E-state index contributed by atoms with van der Waals surface area (Å²) in [6.07, 6.45) is 0.949. The molecule has 3 aromatic carbocycles. The Hall–Kier alpha value is -3.49. The van der Waals surface area contributed by atoms with Crippen LogP contribution in [0.3, 0.4) is 0 Å². The van der Waals surface area contributed by atoms with Crippen LogP contribution in [0.25, 0.3) is 20.8 Å². The van der Waals surface area contributed by atoms with E-state index in [4.69, 9.17) is 26.7 Å². The number of nitrogens with one attached hydrogen (secondary N) is 2. The molecule has 168 valence electrons. The van der Waals surface area contributed by atoms with Crippen LogP contribution in [0.15, 0.2) is 66.7 Å². The standard InChI is InChI=1S/C25H23N3O3S2/c1-3-16-8-11-18(12-9-16)31-15-23(29)28-25(32)27-20-14-17(10-13-21(20)30-2)24-26-19-6-4-5-7-22(19)33-24/h4-14H,3,15H2,1-2H3,(H2,27,28,29,32). The SMILES string of the molecule is CCc1ccc(OCC(=O)NC(=S)Nc2cc(-c3nc4ccccc4s3)ccc2OC)cc1. The number of aromatic nitrogens is 1. The summed E-state index contributed by atoms with van der Waals surface area (Å²) in [6, 6.07) is 21.3. The van der Waals surface area contributed by atoms with Gasteiger partial charge in [0.15, 0.2) is 11.7 Å². The lowest BCUT2D eigenvalue weighted by atomic mass is 10.2. The van der Waals surface area contributed by atoms with Gasteiger partial charge in [-0.25, -0.2) is 4.98 Å². The topological polar surface area (TPSA) is 72.5 Å². The van der Waals surface area contributed by atoms with E-state index in [1.807, 2.05) is 66.7 Å². The van der Waals surface area contributed by atoms with Crippen molar-refractivity contribution in [3.8, 4) is 22.1 Å². The van der Waals surface area contributed by atoms with E-state index >= 15 is 0 Å². The third-order valence-electron chi connectivity index (χ3n) is 4.94. The van der Waals surface area contributed by atoms with Crippen molar-refractivity contribution in [2.45, 2.75) is 13.3 Å². The smallest absolute Gasteiger partial charge is 0.264 e. The average Bonchev–Trinajstić information content (AvgIpc) is 3.27. The molecule has 1 amide bonds. The molecule has 1 aromatic heterocycles. The normalized spacial score (nSPS) is 10.6. The number of hydrogen-bond donors (Lipinski definition) is 2. The number of ether oxygens (including phenoxy) is 2. The second-order valence-electron chi connectivity index (χ2n) is 7.19. The van der Waals surface area contributed by atoms with Gasteiger partial charge in [-0.2, -0.15) is 0 Å². The fourth-order valence-electron chi connectivity index (χ4n) is 3.22. The first kappa shape index (κ1) is 22.7. The van der Waals surface area contributed by atoms with Crippen LogP contribution >= 0.6 is 23.6 Å². The molecule has 0 fully saturated rings. The molecule has 4 rings (SSSR count). The molecule has 2 N–H and O–H groups in total. The molecule has 6 nitrogen and oxygen atoms in total. The molecule has 8 heteroatoms. The third-order valence-corrected chi connectivity index (χ3v) is 6.23. The maximum Gasteiger partial charge on any atom is 0.264 e. The summed E-state index contributed by atoms with van der Waals surface area (Å²) in [7, 11) is 1.58. The number of thiazole rings is 1. The summed E-state index contributed by atoms with van der Waals surface area (Å²) in [5.74, 6) is 0.878. The highest BCUT2D eigenvalue weighted by Gasteiger charge is 2.13. The van der Waals surface area contributed by atoms with Crippen molar-refractivity contribution in [3.63, 3.8) is 0 Å². The lowest BCUT2D eigenvalue weighted by Crippen LogP contribution is -2.37. The Balaban J connectivity index is 1.40. The van der Waals surface area contributed by atoms with E-state index in [0.29, 0.717) is 17.2 Å². The van der Waals surface area contributed by atoms with Gasteiger partial charge in [-0.3, -0.25) is 10.1 Å². The number of methoxy groups -OCH3 is 1. The van der Waals surface area contributed by atoms with Crippen molar-refractivity contribution in [3.05, 3.63) is 72.3 Å². The molecule has 0 aliphatic rings. The number of aryl methyl sites for hydroxylation is 1. The summed E-state index contributed by atoms with van der Waals surface area (Å²) in [5.41, 5.74) is 3.72. The Bertz CT molecular complexity index is 1250. The van der Waals surface area contributed by atoms with Crippen molar-refractivity contribution in [1.82, 2.24) is 10.3 Å². The average molecular weight is 478 g/mol. The second-order valence-corrected chi connectivity index (χ2v) is 8.63. The first-order valence-electron chi connectivity index (χ1n) is 10.4. The molecule has 0 spiro atoms. The van der Waals surface area contributed by atoms with E-state index < -0.39 is 0 Å². The van der Waals surface area contributed by atoms with Gasteiger partial charge in [-0.1, -0.05) is 31.2 Å². The molecule has 0 atom stereocenters. The first-order chi connectivity index (χ1) is 16.1. The minimum atomic E-state index is -0.353. The van der Waals surface area contributed by atoms with Crippen LogP contribution < -0.4 is 20.1 Å². The van der Waals surface area contributed by atoms with E-state index in [0.717, 1.165) is 27.2 Å². The van der Waals surface area contributed by atoms with Gasteiger partial charge in [0.05, 0.1) is 23.0 Å². The van der Waals surface area contributed by atoms with E-state index in [1.54, 1.807) is 18.4 Å². The van der Waals surface area contributed by atoms with Gasteiger partial charge >= 0.3 is 0 Å². The van der Waals surface area contributed by atoms with E-state index in [9.17, 15) is 4.79 Å². The Morgan fingerprint density at radius 3 is 2.61 bits per heavy atom. The molecule has 0 aliphatic carbocycles. The van der Waals surface area contributed by atoms with Crippen LogP contribution in [-0.2, 0) is 11.2 Å². The summed E-state index contributed by atoms with van der Waals surface area (Å²) in [4.78, 5) is 17.0. The number of amides is 1. The Kier molecular flexibility index (Phi) is 7.16. The van der Waals surface area contributed by atoms with E-state index in [-0.39, 0.29) is 17.6 Å². The highest BCUT2D eigenvalue weighted by Crippen LogP contribution is 2.34. The van der Waals surface area contributed by atoms with Crippen molar-refractivity contribution < 1.29 is 14.3 Å². The molecular formula is C25H23N3O3S2. The molecule has 1 heterocycles. The van der Waals surface area contributed by atoms with Gasteiger partial charge in [-0.15, -0.1) is 11.3 Å². The quantitative estimate of drug-likeness (QED) is 0.346. The molecule has 0 bridgehead atoms. The highest BCUT2D eigenvalue weighted by molar-refractivity contribution is 7.80. The summed E-state index contributed by atoms with van der Waals surface area (Å²) >= 11 is 6.94. The van der Waals surface area contributed by atoms with E-state index in [2.05, 4.69) is 17.6 Å². The number of fused-ring (bicyclic) bond motifs is 1. The van der Waals surface area contributed by atoms with Crippen molar-refractivity contribution in [2.75, 3.05) is 19.0 Å². The fraction of sp³-hybridized carbons (Fsp3) is 0.160. The van der Waals surface area contributed by atoms with Crippen molar-refractivity contribution >= 4 is 50.5 Å². The molecule has 0 saturated heterocycles. The molecule has 0 radical (unpaired) electrons. The number of nitrogens with zero attached hydrogens (tertiary/aromatic N) is 1. The van der Waals surface area contributed by atoms with Crippen molar-refractivity contribution in [1.29, 1.82) is 0 Å². The lowest BCUT2D eigenvalue weighted by Gasteiger charge is -2.14. The Morgan fingerprint density at radius 2 is 1.88 bits per heavy atom. The molecule has 0 unspecified atom stereocenters. The molecule has 0 saturated carbocycles. The van der Waals surface area contributed by atoms with Crippen LogP contribution in [0.4, 0.5) is 5.69 Å². The Labute approximate surface area is 201 Å². The molecule has 0 aliphatic heterocycles. The van der Waals surface area contributed by atoms with Crippen molar-refractivity contribution in [2.24, 2.45) is 0 Å². The largest absolute Gasteiger partial charge is 0.495 e. The zero-order valence-electron chi connectivity index (χ0n) is 18.3. The fourth-order valence-corrected chi connectivity index (χ4v) is 4.41. The number of carbonyl (C=O) groups is 1. The van der Waals surface area contributed by atoms with Gasteiger partial charge in [0.1, 0.15) is 16.5 Å². The van der Waals surface area contributed by atoms with Crippen LogP contribution in [0.1, 0.15) is 12.5 Å². The predicted octanol–water partition coefficient (Wildman–Crippen LogP) is 5.43. The molecule has 33 heavy (non-hydrogen) atoms. The number of para-hydroxylation sites is 1. The number of benzene rings is 3. The zero-order valence-corrected chi connectivity index (χ0v) is 19.9. The van der Waals surface area contributed by atoms with Gasteiger partial charge in [0.2, 0.25) is 0 Å². The minimum absolute atomic E-state index is 0.143. The number of carbonyl (C=O) groups excluding carboxylic acids is 1. The van der Waals surface area contributed by atoms with Crippen LogP contribution in [-0.4, -0.2) is 29.7 Å². The Morgan fingerprint density at radius 1 is 1.09 bits per heavy atom. The first-order valence-corrected chi connectivity index (χ1v) is 11.6. The van der Waals surface area contributed by atoms with Gasteiger partial charge in [-0.05, 0) is 66.7 Å². The summed E-state index contributed by atoms with van der Waals surface area (Å²) in [5, 5.41) is 6.73. The predicted molar refractivity (Wildman–Crippen MR) is 137 cm³/mol. The highest BCUT2D eigenvalue weighted by atomic mass is 32.1. The van der Waals surface area contributed by atoms with E-state index in [1.165, 1.54) is 5.56 Å². The summed E-state index contributed by atoms with van der Waals surface area (Å²) in [6.45, 7) is 1.94. The number of hydrogen-bond acceptors (Lipinski definition) is 6. The maximum atomic E-state index is 12.3. The third kappa shape index (κ3) is 5.66. The van der Waals surface area contributed by atoms with Crippen LogP contribution in [0, 0.1) is 0 Å². The maximum absolute atomic E-state index is 12.3. The monoisotopic (exact) mass is 477 g/mol. The number of rotatable bonds is 7. The zero-order chi connectivity index (χ0) is 23.2. The minimum Gasteiger partial charge on any atom is -0.495 e. The number of anilines is 1. The lowest BCUT2D eigenvalue weighted by molar-refractivity contribution is -0.121. The van der Waals surface area contributed by atoms with Gasteiger partial charge < -0.3 is 14.8 Å².